The number of hydrogen-bond donors (Lipinski definition) is 1. The topological polar surface area (TPSA) is 50.8 Å². The van der Waals surface area contributed by atoms with Crippen molar-refractivity contribution in [2.24, 2.45) is 0 Å². The summed E-state index contributed by atoms with van der Waals surface area (Å²) in [5, 5.41) is 3.08. The van der Waals surface area contributed by atoms with Crippen LogP contribution in [0.1, 0.15) is 57.3 Å². The second kappa shape index (κ2) is 9.09. The Balaban J connectivity index is 2.00. The average molecular weight is 348 g/mol. The van der Waals surface area contributed by atoms with E-state index in [4.69, 9.17) is 9.47 Å². The Bertz CT molecular complexity index is 566. The van der Waals surface area contributed by atoms with Crippen LogP contribution in [0, 0.1) is 0 Å². The number of carbonyl (C=O) groups excluding carboxylic acids is 1. The van der Waals surface area contributed by atoms with E-state index in [1.165, 1.54) is 19.3 Å². The van der Waals surface area contributed by atoms with Gasteiger partial charge < -0.3 is 14.8 Å². The minimum Gasteiger partial charge on any atom is -0.490 e. The Hall–Kier alpha value is -1.75. The first-order valence-corrected chi connectivity index (χ1v) is 9.41. The van der Waals surface area contributed by atoms with E-state index in [1.54, 1.807) is 18.2 Å². The maximum absolute atomic E-state index is 12.6. The fraction of sp³-hybridized carbons (Fsp3) is 0.650. The second-order valence-corrected chi connectivity index (χ2v) is 7.07. The molecule has 2 rings (SSSR count). The number of carbonyl (C=O) groups is 1. The summed E-state index contributed by atoms with van der Waals surface area (Å²) in [6, 6.07) is 5.35. The van der Waals surface area contributed by atoms with Crippen LogP contribution in [0.3, 0.4) is 0 Å². The smallest absolute Gasteiger partial charge is 0.251 e. The van der Waals surface area contributed by atoms with Gasteiger partial charge in [-0.15, -0.1) is 0 Å². The number of ether oxygens (including phenoxy) is 2. The molecule has 1 aliphatic rings. The minimum absolute atomic E-state index is 0.0376. The van der Waals surface area contributed by atoms with E-state index in [0.717, 1.165) is 13.1 Å². The Morgan fingerprint density at radius 3 is 2.36 bits per heavy atom. The zero-order valence-corrected chi connectivity index (χ0v) is 16.1. The van der Waals surface area contributed by atoms with Gasteiger partial charge in [0.2, 0.25) is 0 Å². The number of piperidine rings is 1. The molecule has 0 bridgehead atoms. The van der Waals surface area contributed by atoms with Crippen molar-refractivity contribution in [2.45, 2.75) is 52.5 Å². The molecule has 0 aromatic heterocycles. The lowest BCUT2D eigenvalue weighted by Crippen LogP contribution is -2.53. The second-order valence-electron chi connectivity index (χ2n) is 7.07. The zero-order valence-electron chi connectivity index (χ0n) is 16.1. The predicted molar refractivity (Wildman–Crippen MR) is 101 cm³/mol. The van der Waals surface area contributed by atoms with Crippen molar-refractivity contribution in [3.8, 4) is 11.5 Å². The van der Waals surface area contributed by atoms with E-state index >= 15 is 0 Å². The molecule has 5 nitrogen and oxygen atoms in total. The molecule has 5 heteroatoms. The number of likely N-dealkylation sites (tertiary alicyclic amines) is 1. The third kappa shape index (κ3) is 5.36. The van der Waals surface area contributed by atoms with Gasteiger partial charge in [0, 0.05) is 17.6 Å². The molecular formula is C20H32N2O3. The summed E-state index contributed by atoms with van der Waals surface area (Å²) >= 11 is 0. The predicted octanol–water partition coefficient (Wildman–Crippen LogP) is 3.48. The monoisotopic (exact) mass is 348 g/mol. The van der Waals surface area contributed by atoms with Crippen LogP contribution in [0.2, 0.25) is 0 Å². The third-order valence-corrected chi connectivity index (χ3v) is 4.70. The van der Waals surface area contributed by atoms with Crippen molar-refractivity contribution in [3.63, 3.8) is 0 Å². The summed E-state index contributed by atoms with van der Waals surface area (Å²) in [7, 11) is 0. The summed E-state index contributed by atoms with van der Waals surface area (Å²) in [5.41, 5.74) is 0.561. The molecule has 25 heavy (non-hydrogen) atoms. The van der Waals surface area contributed by atoms with Crippen LogP contribution in [0.25, 0.3) is 0 Å². The van der Waals surface area contributed by atoms with Crippen LogP contribution in [-0.2, 0) is 0 Å². The third-order valence-electron chi connectivity index (χ3n) is 4.70. The summed E-state index contributed by atoms with van der Waals surface area (Å²) in [4.78, 5) is 15.0. The number of hydrogen-bond acceptors (Lipinski definition) is 4. The van der Waals surface area contributed by atoms with Gasteiger partial charge in [-0.1, -0.05) is 6.42 Å². The first-order chi connectivity index (χ1) is 12.0. The van der Waals surface area contributed by atoms with Crippen molar-refractivity contribution < 1.29 is 14.3 Å². The van der Waals surface area contributed by atoms with Crippen LogP contribution >= 0.6 is 0 Å². The molecule has 1 amide bonds. The maximum Gasteiger partial charge on any atom is 0.251 e. The summed E-state index contributed by atoms with van der Waals surface area (Å²) in [5.74, 6) is 1.22. The van der Waals surface area contributed by atoms with Gasteiger partial charge >= 0.3 is 0 Å². The van der Waals surface area contributed by atoms with Crippen LogP contribution in [0.5, 0.6) is 11.5 Å². The molecule has 1 fully saturated rings. The molecule has 0 atom stereocenters. The fourth-order valence-electron chi connectivity index (χ4n) is 3.20. The first-order valence-electron chi connectivity index (χ1n) is 9.41. The number of rotatable bonds is 8. The van der Waals surface area contributed by atoms with Gasteiger partial charge in [-0.3, -0.25) is 9.69 Å². The van der Waals surface area contributed by atoms with Gasteiger partial charge in [-0.25, -0.2) is 0 Å². The normalized spacial score (nSPS) is 15.7. The molecule has 1 heterocycles. The lowest BCUT2D eigenvalue weighted by Gasteiger charge is -2.41. The summed E-state index contributed by atoms with van der Waals surface area (Å²) in [6.45, 7) is 12.2. The van der Waals surface area contributed by atoms with E-state index in [2.05, 4.69) is 24.1 Å². The van der Waals surface area contributed by atoms with Crippen molar-refractivity contribution in [3.05, 3.63) is 23.8 Å². The fourth-order valence-corrected chi connectivity index (χ4v) is 3.20. The Labute approximate surface area is 151 Å². The maximum atomic E-state index is 12.6. The Morgan fingerprint density at radius 2 is 1.72 bits per heavy atom. The van der Waals surface area contributed by atoms with Gasteiger partial charge in [0.25, 0.3) is 5.91 Å². The molecule has 1 aromatic carbocycles. The van der Waals surface area contributed by atoms with E-state index in [9.17, 15) is 4.79 Å². The van der Waals surface area contributed by atoms with E-state index < -0.39 is 0 Å². The summed E-state index contributed by atoms with van der Waals surface area (Å²) < 4.78 is 11.2. The lowest BCUT2D eigenvalue weighted by atomic mass is 9.98. The van der Waals surface area contributed by atoms with Gasteiger partial charge in [-0.2, -0.15) is 0 Å². The van der Waals surface area contributed by atoms with E-state index in [-0.39, 0.29) is 11.4 Å². The largest absolute Gasteiger partial charge is 0.490 e. The molecule has 0 saturated carbocycles. The van der Waals surface area contributed by atoms with Gasteiger partial charge in [0.1, 0.15) is 0 Å². The van der Waals surface area contributed by atoms with Crippen LogP contribution < -0.4 is 14.8 Å². The Morgan fingerprint density at radius 1 is 1.08 bits per heavy atom. The van der Waals surface area contributed by atoms with Crippen LogP contribution in [0.15, 0.2) is 18.2 Å². The molecule has 1 saturated heterocycles. The van der Waals surface area contributed by atoms with E-state index in [1.807, 2.05) is 13.8 Å². The highest BCUT2D eigenvalue weighted by atomic mass is 16.5. The van der Waals surface area contributed by atoms with Crippen molar-refractivity contribution in [1.29, 1.82) is 0 Å². The van der Waals surface area contributed by atoms with Crippen molar-refractivity contribution >= 4 is 5.91 Å². The number of amides is 1. The molecule has 1 N–H and O–H groups in total. The van der Waals surface area contributed by atoms with Crippen LogP contribution in [0.4, 0.5) is 0 Å². The molecule has 140 valence electrons. The highest BCUT2D eigenvalue weighted by Crippen LogP contribution is 2.28. The highest BCUT2D eigenvalue weighted by molar-refractivity contribution is 5.94. The molecule has 1 aromatic rings. The minimum atomic E-state index is -0.0749. The lowest BCUT2D eigenvalue weighted by molar-refractivity contribution is 0.0797. The first kappa shape index (κ1) is 19.6. The van der Waals surface area contributed by atoms with Gasteiger partial charge in [0.05, 0.1) is 13.2 Å². The number of benzene rings is 1. The SMILES string of the molecule is CCOc1ccc(C(=O)NCC(C)(C)N2CCCCC2)cc1OCC. The molecule has 0 unspecified atom stereocenters. The zero-order chi connectivity index (χ0) is 18.3. The molecule has 0 spiro atoms. The quantitative estimate of drug-likeness (QED) is 0.781. The van der Waals surface area contributed by atoms with Crippen molar-refractivity contribution in [1.82, 2.24) is 10.2 Å². The molecule has 1 aliphatic heterocycles. The number of nitrogens with one attached hydrogen (secondary N) is 1. The van der Waals surface area contributed by atoms with Crippen molar-refractivity contribution in [2.75, 3.05) is 32.8 Å². The standard InChI is InChI=1S/C20H32N2O3/c1-5-24-17-11-10-16(14-18(17)25-6-2)19(23)21-15-20(3,4)22-12-8-7-9-13-22/h10-11,14H,5-9,12-13,15H2,1-4H3,(H,21,23). The molecule has 0 aliphatic carbocycles. The molecule has 0 radical (unpaired) electrons. The van der Waals surface area contributed by atoms with Gasteiger partial charge in [0.15, 0.2) is 11.5 Å². The summed E-state index contributed by atoms with van der Waals surface area (Å²) in [6.07, 6.45) is 3.80. The molecular weight excluding hydrogens is 316 g/mol. The van der Waals surface area contributed by atoms with Crippen LogP contribution in [-0.4, -0.2) is 49.2 Å². The Kier molecular flexibility index (Phi) is 7.12. The average Bonchev–Trinajstić information content (AvgIpc) is 2.62. The highest BCUT2D eigenvalue weighted by Gasteiger charge is 2.28. The van der Waals surface area contributed by atoms with Gasteiger partial charge in [-0.05, 0) is 71.8 Å². The number of nitrogens with zero attached hydrogens (tertiary/aromatic N) is 1. The van der Waals surface area contributed by atoms with E-state index in [0.29, 0.717) is 36.8 Å².